The fourth-order valence-corrected chi connectivity index (χ4v) is 2.93. The zero-order chi connectivity index (χ0) is 15.5. The van der Waals surface area contributed by atoms with Crippen LogP contribution in [0.3, 0.4) is 0 Å². The molecule has 0 spiro atoms. The Kier molecular flexibility index (Phi) is 4.35. The van der Waals surface area contributed by atoms with E-state index in [1.807, 2.05) is 42.2 Å². The highest BCUT2D eigenvalue weighted by Gasteiger charge is 2.27. The van der Waals surface area contributed by atoms with Gasteiger partial charge in [-0.15, -0.1) is 11.3 Å². The lowest BCUT2D eigenvalue weighted by atomic mass is 10.1. The van der Waals surface area contributed by atoms with Crippen LogP contribution in [0.4, 0.5) is 5.69 Å². The fraction of sp³-hybridized carbons (Fsp3) is 0.400. The smallest absolute Gasteiger partial charge is 0.265 e. The number of hydrogen-bond acceptors (Lipinski definition) is 6. The molecule has 6 nitrogen and oxygen atoms in total. The first kappa shape index (κ1) is 14.9. The highest BCUT2D eigenvalue weighted by atomic mass is 32.1. The average Bonchev–Trinajstić information content (AvgIpc) is 3.09. The number of amides is 1. The van der Waals surface area contributed by atoms with Gasteiger partial charge in [0.05, 0.1) is 42.4 Å². The Bertz CT molecular complexity index is 628. The van der Waals surface area contributed by atoms with Crippen molar-refractivity contribution in [2.45, 2.75) is 6.10 Å². The number of anilines is 1. The first-order chi connectivity index (χ1) is 10.6. The molecular formula is C15H18N4O2S. The second-order valence-electron chi connectivity index (χ2n) is 5.31. The van der Waals surface area contributed by atoms with Crippen LogP contribution >= 0.6 is 11.3 Å². The van der Waals surface area contributed by atoms with Crippen molar-refractivity contribution in [3.05, 3.63) is 40.6 Å². The summed E-state index contributed by atoms with van der Waals surface area (Å²) in [6.45, 7) is 1.64. The maximum atomic E-state index is 12.4. The van der Waals surface area contributed by atoms with Crippen LogP contribution in [-0.4, -0.2) is 54.6 Å². The number of pyridine rings is 1. The summed E-state index contributed by atoms with van der Waals surface area (Å²) in [5.74, 6) is 0.0145. The molecule has 1 amide bonds. The van der Waals surface area contributed by atoms with Gasteiger partial charge in [-0.05, 0) is 12.1 Å². The fourth-order valence-electron chi connectivity index (χ4n) is 2.34. The SMILES string of the molecule is CN(C)c1ccc([C@H]2CN(C(=O)c3cncs3)CCO2)nc1. The summed E-state index contributed by atoms with van der Waals surface area (Å²) in [6.07, 6.45) is 3.26. The number of nitrogens with zero attached hydrogens (tertiary/aromatic N) is 4. The highest BCUT2D eigenvalue weighted by Crippen LogP contribution is 2.23. The van der Waals surface area contributed by atoms with Crippen molar-refractivity contribution in [1.82, 2.24) is 14.9 Å². The molecule has 1 aliphatic heterocycles. The number of carbonyl (C=O) groups is 1. The Hall–Kier alpha value is -1.99. The second-order valence-corrected chi connectivity index (χ2v) is 6.20. The molecule has 3 heterocycles. The molecule has 1 aliphatic rings. The molecule has 1 fully saturated rings. The minimum Gasteiger partial charge on any atom is -0.376 e. The minimum atomic E-state index is -0.179. The molecule has 1 atom stereocenters. The van der Waals surface area contributed by atoms with Crippen molar-refractivity contribution in [1.29, 1.82) is 0 Å². The Morgan fingerprint density at radius 1 is 1.41 bits per heavy atom. The molecule has 2 aromatic rings. The molecular weight excluding hydrogens is 300 g/mol. The van der Waals surface area contributed by atoms with Crippen molar-refractivity contribution in [3.8, 4) is 0 Å². The summed E-state index contributed by atoms with van der Waals surface area (Å²) in [5, 5.41) is 0. The number of rotatable bonds is 3. The van der Waals surface area contributed by atoms with E-state index < -0.39 is 0 Å². The van der Waals surface area contributed by atoms with Crippen LogP contribution in [-0.2, 0) is 4.74 Å². The Morgan fingerprint density at radius 2 is 2.27 bits per heavy atom. The van der Waals surface area contributed by atoms with Crippen LogP contribution in [0.1, 0.15) is 21.5 Å². The summed E-state index contributed by atoms with van der Waals surface area (Å²) in [5.41, 5.74) is 3.57. The standard InChI is InChI=1S/C15H18N4O2S/c1-18(2)11-3-4-12(17-7-11)13-9-19(5-6-21-13)15(20)14-8-16-10-22-14/h3-4,7-8,10,13H,5-6,9H2,1-2H3/t13-/m1/s1. The normalized spacial score (nSPS) is 18.3. The molecule has 0 bridgehead atoms. The average molecular weight is 318 g/mol. The van der Waals surface area contributed by atoms with E-state index in [1.54, 1.807) is 11.7 Å². The van der Waals surface area contributed by atoms with Crippen molar-refractivity contribution in [2.24, 2.45) is 0 Å². The van der Waals surface area contributed by atoms with E-state index >= 15 is 0 Å². The number of ether oxygens (including phenoxy) is 1. The number of hydrogen-bond donors (Lipinski definition) is 0. The van der Waals surface area contributed by atoms with Crippen molar-refractivity contribution in [3.63, 3.8) is 0 Å². The van der Waals surface area contributed by atoms with E-state index in [4.69, 9.17) is 4.74 Å². The molecule has 7 heteroatoms. The predicted molar refractivity (Wildman–Crippen MR) is 85.3 cm³/mol. The lowest BCUT2D eigenvalue weighted by Gasteiger charge is -2.32. The van der Waals surface area contributed by atoms with Crippen LogP contribution in [0.2, 0.25) is 0 Å². The van der Waals surface area contributed by atoms with Gasteiger partial charge in [-0.1, -0.05) is 0 Å². The largest absolute Gasteiger partial charge is 0.376 e. The lowest BCUT2D eigenvalue weighted by Crippen LogP contribution is -2.42. The third-order valence-corrected chi connectivity index (χ3v) is 4.37. The molecule has 1 saturated heterocycles. The van der Waals surface area contributed by atoms with Gasteiger partial charge < -0.3 is 14.5 Å². The van der Waals surface area contributed by atoms with E-state index in [-0.39, 0.29) is 12.0 Å². The summed E-state index contributed by atoms with van der Waals surface area (Å²) >= 11 is 1.36. The molecule has 0 saturated carbocycles. The number of carbonyl (C=O) groups excluding carboxylic acids is 1. The quantitative estimate of drug-likeness (QED) is 0.864. The van der Waals surface area contributed by atoms with Crippen molar-refractivity contribution >= 4 is 22.9 Å². The molecule has 0 radical (unpaired) electrons. The molecule has 2 aromatic heterocycles. The van der Waals surface area contributed by atoms with Gasteiger partial charge in [-0.3, -0.25) is 14.8 Å². The van der Waals surface area contributed by atoms with E-state index in [0.29, 0.717) is 24.6 Å². The third kappa shape index (κ3) is 3.10. The molecule has 22 heavy (non-hydrogen) atoms. The summed E-state index contributed by atoms with van der Waals surface area (Å²) in [6, 6.07) is 3.97. The Morgan fingerprint density at radius 3 is 2.91 bits per heavy atom. The Balaban J connectivity index is 1.71. The maximum Gasteiger partial charge on any atom is 0.265 e. The van der Waals surface area contributed by atoms with Gasteiger partial charge in [0.2, 0.25) is 0 Å². The maximum absolute atomic E-state index is 12.4. The van der Waals surface area contributed by atoms with Crippen molar-refractivity contribution < 1.29 is 9.53 Å². The highest BCUT2D eigenvalue weighted by molar-refractivity contribution is 7.11. The van der Waals surface area contributed by atoms with E-state index in [9.17, 15) is 4.79 Å². The molecule has 3 rings (SSSR count). The van der Waals surface area contributed by atoms with Crippen LogP contribution in [0.15, 0.2) is 30.0 Å². The lowest BCUT2D eigenvalue weighted by molar-refractivity contribution is -0.0245. The van der Waals surface area contributed by atoms with Crippen LogP contribution < -0.4 is 4.90 Å². The molecule has 0 unspecified atom stereocenters. The zero-order valence-electron chi connectivity index (χ0n) is 12.6. The molecule has 116 valence electrons. The number of thiazole rings is 1. The summed E-state index contributed by atoms with van der Waals surface area (Å²) in [4.78, 5) is 25.3. The van der Waals surface area contributed by atoms with E-state index in [0.717, 1.165) is 11.4 Å². The van der Waals surface area contributed by atoms with Gasteiger partial charge in [0.15, 0.2) is 0 Å². The molecule has 0 aliphatic carbocycles. The Labute approximate surface area is 133 Å². The third-order valence-electron chi connectivity index (χ3n) is 3.61. The first-order valence-corrected chi connectivity index (χ1v) is 7.96. The zero-order valence-corrected chi connectivity index (χ0v) is 13.4. The second kappa shape index (κ2) is 6.41. The topological polar surface area (TPSA) is 58.6 Å². The summed E-state index contributed by atoms with van der Waals surface area (Å²) in [7, 11) is 3.95. The minimum absolute atomic E-state index is 0.0145. The van der Waals surface area contributed by atoms with Crippen LogP contribution in [0, 0.1) is 0 Å². The van der Waals surface area contributed by atoms with Crippen LogP contribution in [0.5, 0.6) is 0 Å². The first-order valence-electron chi connectivity index (χ1n) is 7.08. The van der Waals surface area contributed by atoms with Crippen molar-refractivity contribution in [2.75, 3.05) is 38.7 Å². The van der Waals surface area contributed by atoms with Gasteiger partial charge in [0.1, 0.15) is 11.0 Å². The van der Waals surface area contributed by atoms with Gasteiger partial charge in [0, 0.05) is 20.6 Å². The summed E-state index contributed by atoms with van der Waals surface area (Å²) < 4.78 is 5.78. The molecule has 0 aromatic carbocycles. The van der Waals surface area contributed by atoms with Gasteiger partial charge >= 0.3 is 0 Å². The number of morpholine rings is 1. The molecule has 0 N–H and O–H groups in total. The van der Waals surface area contributed by atoms with E-state index in [1.165, 1.54) is 11.3 Å². The monoisotopic (exact) mass is 318 g/mol. The number of aromatic nitrogens is 2. The van der Waals surface area contributed by atoms with Crippen LogP contribution in [0.25, 0.3) is 0 Å². The van der Waals surface area contributed by atoms with Gasteiger partial charge in [-0.25, -0.2) is 0 Å². The van der Waals surface area contributed by atoms with Gasteiger partial charge in [-0.2, -0.15) is 0 Å². The van der Waals surface area contributed by atoms with Gasteiger partial charge in [0.25, 0.3) is 5.91 Å². The predicted octanol–water partition coefficient (Wildman–Crippen LogP) is 1.82. The van der Waals surface area contributed by atoms with E-state index in [2.05, 4.69) is 9.97 Å².